The van der Waals surface area contributed by atoms with Gasteiger partial charge < -0.3 is 15.7 Å². The zero-order valence-electron chi connectivity index (χ0n) is 11.6. The van der Waals surface area contributed by atoms with Crippen LogP contribution < -0.4 is 5.73 Å². The van der Waals surface area contributed by atoms with Gasteiger partial charge in [-0.2, -0.15) is 4.79 Å². The van der Waals surface area contributed by atoms with E-state index in [4.69, 9.17) is 5.73 Å². The number of amides is 2. The smallest absolute Gasteiger partial charge is 0.435 e. The quantitative estimate of drug-likeness (QED) is 0.670. The van der Waals surface area contributed by atoms with Crippen molar-refractivity contribution in [2.24, 2.45) is 5.73 Å². The molecule has 0 aromatic rings. The maximum Gasteiger partial charge on any atom is 0.514 e. The number of carbonyl (C=O) groups excluding carboxylic acids is 1. The Morgan fingerprint density at radius 2 is 2.00 bits per heavy atom. The second-order valence-electron chi connectivity index (χ2n) is 5.97. The summed E-state index contributed by atoms with van der Waals surface area (Å²) in [5.41, 5.74) is 4.97. The van der Waals surface area contributed by atoms with Crippen molar-refractivity contribution in [1.82, 2.24) is 4.90 Å². The normalized spacial score (nSPS) is 29.2. The van der Waals surface area contributed by atoms with Crippen molar-refractivity contribution in [2.45, 2.75) is 39.3 Å². The summed E-state index contributed by atoms with van der Waals surface area (Å²) in [7, 11) is 0. The Morgan fingerprint density at radius 1 is 1.44 bits per heavy atom. The van der Waals surface area contributed by atoms with Crippen LogP contribution in [-0.2, 0) is 4.79 Å². The first-order valence-electron chi connectivity index (χ1n) is 6.26. The highest BCUT2D eigenvalue weighted by atomic mass is 16.4. The SMILES string of the molecule is C[C@H]1C[N+](C(=O)O)(C(C)(C)C)CCN1C(=O)CN. The molecule has 0 bridgehead atoms. The van der Waals surface area contributed by atoms with E-state index in [1.54, 1.807) is 4.90 Å². The molecular formula is C12H24N3O3+. The van der Waals surface area contributed by atoms with E-state index >= 15 is 0 Å². The zero-order chi connectivity index (χ0) is 14.1. The molecule has 0 radical (unpaired) electrons. The third kappa shape index (κ3) is 2.35. The third-order valence-corrected chi connectivity index (χ3v) is 3.98. The number of nitrogens with zero attached hydrogens (tertiary/aromatic N) is 2. The number of hydrogen-bond acceptors (Lipinski definition) is 3. The van der Waals surface area contributed by atoms with E-state index in [1.165, 1.54) is 0 Å². The van der Waals surface area contributed by atoms with Crippen LogP contribution in [0.4, 0.5) is 4.79 Å². The summed E-state index contributed by atoms with van der Waals surface area (Å²) in [5, 5.41) is 9.57. The molecular weight excluding hydrogens is 234 g/mol. The van der Waals surface area contributed by atoms with E-state index < -0.39 is 11.6 Å². The zero-order valence-corrected chi connectivity index (χ0v) is 11.6. The number of nitrogens with two attached hydrogens (primary N) is 1. The molecule has 0 aromatic carbocycles. The van der Waals surface area contributed by atoms with Gasteiger partial charge in [0.05, 0.1) is 19.1 Å². The second kappa shape index (κ2) is 4.85. The average molecular weight is 258 g/mol. The number of hydrogen-bond donors (Lipinski definition) is 2. The van der Waals surface area contributed by atoms with Crippen molar-refractivity contribution in [1.29, 1.82) is 0 Å². The minimum absolute atomic E-state index is 0.0114. The van der Waals surface area contributed by atoms with Gasteiger partial charge in [0, 0.05) is 0 Å². The molecule has 104 valence electrons. The highest BCUT2D eigenvalue weighted by molar-refractivity contribution is 5.78. The summed E-state index contributed by atoms with van der Waals surface area (Å²) >= 11 is 0. The van der Waals surface area contributed by atoms with Gasteiger partial charge >= 0.3 is 6.09 Å². The summed E-state index contributed by atoms with van der Waals surface area (Å²) in [6.45, 7) is 8.93. The lowest BCUT2D eigenvalue weighted by molar-refractivity contribution is -0.909. The Labute approximate surface area is 108 Å². The van der Waals surface area contributed by atoms with E-state index in [2.05, 4.69) is 0 Å². The Hall–Kier alpha value is -1.14. The number of piperazine rings is 1. The summed E-state index contributed by atoms with van der Waals surface area (Å²) in [6, 6.07) is -0.106. The molecule has 0 aromatic heterocycles. The van der Waals surface area contributed by atoms with E-state index in [1.807, 2.05) is 27.7 Å². The molecule has 2 amide bonds. The van der Waals surface area contributed by atoms with Crippen LogP contribution in [0.3, 0.4) is 0 Å². The predicted molar refractivity (Wildman–Crippen MR) is 68.0 cm³/mol. The Morgan fingerprint density at radius 3 is 2.33 bits per heavy atom. The third-order valence-electron chi connectivity index (χ3n) is 3.98. The molecule has 1 rings (SSSR count). The van der Waals surface area contributed by atoms with Crippen molar-refractivity contribution in [2.75, 3.05) is 26.2 Å². The summed E-state index contributed by atoms with van der Waals surface area (Å²) in [4.78, 5) is 25.0. The van der Waals surface area contributed by atoms with Crippen molar-refractivity contribution in [3.63, 3.8) is 0 Å². The van der Waals surface area contributed by atoms with Crippen LogP contribution in [0.1, 0.15) is 27.7 Å². The van der Waals surface area contributed by atoms with Crippen molar-refractivity contribution >= 4 is 12.0 Å². The lowest BCUT2D eigenvalue weighted by atomic mass is 9.97. The Bertz CT molecular complexity index is 351. The molecule has 0 spiro atoms. The van der Waals surface area contributed by atoms with Crippen LogP contribution in [0, 0.1) is 0 Å². The Balaban J connectivity index is 2.98. The van der Waals surface area contributed by atoms with Gasteiger partial charge in [-0.15, -0.1) is 0 Å². The molecule has 1 heterocycles. The predicted octanol–water partition coefficient (Wildman–Crippen LogP) is 0.469. The summed E-state index contributed by atoms with van der Waals surface area (Å²) < 4.78 is -0.0114. The molecule has 0 saturated carbocycles. The van der Waals surface area contributed by atoms with Gasteiger partial charge in [-0.05, 0) is 27.7 Å². The van der Waals surface area contributed by atoms with E-state index in [9.17, 15) is 14.7 Å². The molecule has 6 heteroatoms. The first-order valence-corrected chi connectivity index (χ1v) is 6.26. The number of carbonyl (C=O) groups is 2. The maximum atomic E-state index is 11.7. The monoisotopic (exact) mass is 258 g/mol. The van der Waals surface area contributed by atoms with Gasteiger partial charge in [0.2, 0.25) is 5.91 Å². The molecule has 3 N–H and O–H groups in total. The van der Waals surface area contributed by atoms with E-state index in [0.717, 1.165) is 0 Å². The largest absolute Gasteiger partial charge is 0.514 e. The van der Waals surface area contributed by atoms with Crippen LogP contribution in [0.5, 0.6) is 0 Å². The molecule has 18 heavy (non-hydrogen) atoms. The first-order chi connectivity index (χ1) is 8.15. The van der Waals surface area contributed by atoms with Crippen molar-refractivity contribution < 1.29 is 19.2 Å². The van der Waals surface area contributed by atoms with Gasteiger partial charge in [0.15, 0.2) is 0 Å². The van der Waals surface area contributed by atoms with Crippen molar-refractivity contribution in [3.8, 4) is 0 Å². The van der Waals surface area contributed by atoms with Crippen LogP contribution in [0.25, 0.3) is 0 Å². The first kappa shape index (κ1) is 14.9. The molecule has 6 nitrogen and oxygen atoms in total. The molecule has 1 fully saturated rings. The summed E-state index contributed by atoms with van der Waals surface area (Å²) in [6.07, 6.45) is -0.825. The van der Waals surface area contributed by atoms with Gasteiger partial charge in [-0.1, -0.05) is 0 Å². The topological polar surface area (TPSA) is 83.6 Å². The fraction of sp³-hybridized carbons (Fsp3) is 0.833. The molecule has 0 aliphatic carbocycles. The van der Waals surface area contributed by atoms with Gasteiger partial charge in [-0.3, -0.25) is 4.79 Å². The minimum atomic E-state index is -0.825. The van der Waals surface area contributed by atoms with Crippen LogP contribution >= 0.6 is 0 Å². The molecule has 1 unspecified atom stereocenters. The van der Waals surface area contributed by atoms with Crippen LogP contribution in [0.2, 0.25) is 0 Å². The highest BCUT2D eigenvalue weighted by Gasteiger charge is 2.52. The number of quaternary nitrogens is 1. The Kier molecular flexibility index (Phi) is 4.02. The maximum absolute atomic E-state index is 11.7. The standard InChI is InChI=1S/C12H23N3O3/c1-9-8-15(11(17)18,12(2,3)4)6-5-14(9)10(16)7-13/h9H,5-8,13H2,1-4H3/p+1/t9-,15?/m0/s1. The molecule has 1 saturated heterocycles. The van der Waals surface area contributed by atoms with E-state index in [-0.39, 0.29) is 23.0 Å². The fourth-order valence-electron chi connectivity index (χ4n) is 2.70. The highest BCUT2D eigenvalue weighted by Crippen LogP contribution is 2.29. The second-order valence-corrected chi connectivity index (χ2v) is 5.97. The number of rotatable bonds is 1. The molecule has 2 atom stereocenters. The summed E-state index contributed by atoms with van der Waals surface area (Å²) in [5.74, 6) is -0.111. The number of carboxylic acid groups (broad SMARTS) is 1. The van der Waals surface area contributed by atoms with Crippen LogP contribution in [0.15, 0.2) is 0 Å². The lowest BCUT2D eigenvalue weighted by Crippen LogP contribution is -2.72. The average Bonchev–Trinajstić information content (AvgIpc) is 2.26. The minimum Gasteiger partial charge on any atom is -0.435 e. The van der Waals surface area contributed by atoms with Gasteiger partial charge in [0.25, 0.3) is 0 Å². The van der Waals surface area contributed by atoms with Gasteiger partial charge in [0.1, 0.15) is 18.6 Å². The lowest BCUT2D eigenvalue weighted by Gasteiger charge is -2.50. The molecule has 1 aliphatic rings. The van der Waals surface area contributed by atoms with Crippen molar-refractivity contribution in [3.05, 3.63) is 0 Å². The fourth-order valence-corrected chi connectivity index (χ4v) is 2.70. The molecule has 1 aliphatic heterocycles. The van der Waals surface area contributed by atoms with Gasteiger partial charge in [-0.25, -0.2) is 4.48 Å². The van der Waals surface area contributed by atoms with Crippen LogP contribution in [-0.4, -0.2) is 64.2 Å². The van der Waals surface area contributed by atoms with E-state index in [0.29, 0.717) is 19.6 Å².